The van der Waals surface area contributed by atoms with Crippen LogP contribution in [-0.4, -0.2) is 25.3 Å². The summed E-state index contributed by atoms with van der Waals surface area (Å²) < 4.78 is 5.89. The van der Waals surface area contributed by atoms with Gasteiger partial charge in [0.1, 0.15) is 0 Å². The van der Waals surface area contributed by atoms with E-state index in [9.17, 15) is 0 Å². The van der Waals surface area contributed by atoms with Gasteiger partial charge in [0.25, 0.3) is 0 Å². The van der Waals surface area contributed by atoms with E-state index in [1.807, 2.05) is 0 Å². The third kappa shape index (κ3) is 2.93. The van der Waals surface area contributed by atoms with Gasteiger partial charge in [-0.3, -0.25) is 0 Å². The van der Waals surface area contributed by atoms with Crippen LogP contribution in [0.3, 0.4) is 0 Å². The van der Waals surface area contributed by atoms with Crippen molar-refractivity contribution < 1.29 is 4.74 Å². The molecular formula is C16H25NO. The lowest BCUT2D eigenvalue weighted by atomic mass is 9.71. The molecule has 2 rings (SSSR count). The zero-order chi connectivity index (χ0) is 13.2. The standard InChI is InChI=1S/C16H25NO/c1-13-7-5-6-8-14(13)16(11-17-12-16)9-10-18-15(2,3)4/h5-8,17H,9-12H2,1-4H3. The fraction of sp³-hybridized carbons (Fsp3) is 0.625. The molecule has 1 saturated heterocycles. The smallest absolute Gasteiger partial charge is 0.0598 e. The lowest BCUT2D eigenvalue weighted by Crippen LogP contribution is -2.57. The van der Waals surface area contributed by atoms with Gasteiger partial charge in [0.15, 0.2) is 0 Å². The largest absolute Gasteiger partial charge is 0.376 e. The second-order valence-corrected chi connectivity index (χ2v) is 6.41. The van der Waals surface area contributed by atoms with Crippen LogP contribution in [0, 0.1) is 6.92 Å². The van der Waals surface area contributed by atoms with Crippen molar-refractivity contribution in [2.75, 3.05) is 19.7 Å². The Morgan fingerprint density at radius 1 is 1.22 bits per heavy atom. The SMILES string of the molecule is Cc1ccccc1C1(CCOC(C)(C)C)CNC1. The topological polar surface area (TPSA) is 21.3 Å². The first-order valence-corrected chi connectivity index (χ1v) is 6.84. The minimum absolute atomic E-state index is 0.0376. The second kappa shape index (κ2) is 5.02. The predicted molar refractivity (Wildman–Crippen MR) is 76.0 cm³/mol. The highest BCUT2D eigenvalue weighted by atomic mass is 16.5. The third-order valence-corrected chi connectivity index (χ3v) is 3.76. The summed E-state index contributed by atoms with van der Waals surface area (Å²) in [5.74, 6) is 0. The maximum absolute atomic E-state index is 5.89. The minimum atomic E-state index is -0.0376. The highest BCUT2D eigenvalue weighted by Gasteiger charge is 2.39. The van der Waals surface area contributed by atoms with Gasteiger partial charge in [-0.05, 0) is 45.2 Å². The zero-order valence-corrected chi connectivity index (χ0v) is 12.0. The summed E-state index contributed by atoms with van der Waals surface area (Å²) >= 11 is 0. The molecule has 2 nitrogen and oxygen atoms in total. The molecule has 0 saturated carbocycles. The van der Waals surface area contributed by atoms with E-state index in [0.717, 1.165) is 26.1 Å². The molecule has 0 radical (unpaired) electrons. The molecule has 1 aliphatic rings. The molecule has 2 heteroatoms. The van der Waals surface area contributed by atoms with Crippen molar-refractivity contribution in [3.8, 4) is 0 Å². The van der Waals surface area contributed by atoms with Crippen LogP contribution in [0.15, 0.2) is 24.3 Å². The van der Waals surface area contributed by atoms with Crippen molar-refractivity contribution in [1.29, 1.82) is 0 Å². The molecule has 1 aromatic rings. The molecule has 100 valence electrons. The van der Waals surface area contributed by atoms with Crippen LogP contribution in [0.25, 0.3) is 0 Å². The average Bonchev–Trinajstić information content (AvgIpc) is 2.22. The summed E-state index contributed by atoms with van der Waals surface area (Å²) in [6.07, 6.45) is 1.10. The molecule has 0 amide bonds. The first-order chi connectivity index (χ1) is 8.43. The van der Waals surface area contributed by atoms with Gasteiger partial charge in [0, 0.05) is 25.1 Å². The van der Waals surface area contributed by atoms with Crippen molar-refractivity contribution in [1.82, 2.24) is 5.32 Å². The van der Waals surface area contributed by atoms with E-state index in [2.05, 4.69) is 57.3 Å². The number of hydrogen-bond donors (Lipinski definition) is 1. The molecule has 1 heterocycles. The van der Waals surface area contributed by atoms with Crippen LogP contribution in [0.2, 0.25) is 0 Å². The first kappa shape index (κ1) is 13.6. The second-order valence-electron chi connectivity index (χ2n) is 6.41. The molecule has 0 unspecified atom stereocenters. The summed E-state index contributed by atoms with van der Waals surface area (Å²) in [7, 11) is 0. The monoisotopic (exact) mass is 247 g/mol. The summed E-state index contributed by atoms with van der Waals surface area (Å²) in [5, 5.41) is 3.42. The average molecular weight is 247 g/mol. The Morgan fingerprint density at radius 2 is 1.89 bits per heavy atom. The van der Waals surface area contributed by atoms with Crippen LogP contribution in [0.1, 0.15) is 38.3 Å². The van der Waals surface area contributed by atoms with E-state index < -0.39 is 0 Å². The lowest BCUT2D eigenvalue weighted by Gasteiger charge is -2.44. The van der Waals surface area contributed by atoms with Crippen molar-refractivity contribution in [2.24, 2.45) is 0 Å². The Bertz CT molecular complexity index is 402. The maximum Gasteiger partial charge on any atom is 0.0598 e. The minimum Gasteiger partial charge on any atom is -0.376 e. The normalized spacial score (nSPS) is 18.4. The molecule has 0 spiro atoms. The number of ether oxygens (including phenoxy) is 1. The van der Waals surface area contributed by atoms with E-state index in [1.54, 1.807) is 0 Å². The summed E-state index contributed by atoms with van der Waals surface area (Å²) in [6, 6.07) is 8.74. The van der Waals surface area contributed by atoms with Crippen LogP contribution in [0.5, 0.6) is 0 Å². The fourth-order valence-electron chi connectivity index (χ4n) is 2.65. The highest BCUT2D eigenvalue weighted by Crippen LogP contribution is 2.34. The van der Waals surface area contributed by atoms with E-state index in [4.69, 9.17) is 4.74 Å². The molecule has 0 aromatic heterocycles. The quantitative estimate of drug-likeness (QED) is 0.883. The van der Waals surface area contributed by atoms with E-state index in [0.29, 0.717) is 0 Å². The third-order valence-electron chi connectivity index (χ3n) is 3.76. The van der Waals surface area contributed by atoms with Gasteiger partial charge in [-0.15, -0.1) is 0 Å². The first-order valence-electron chi connectivity index (χ1n) is 6.84. The molecule has 1 fully saturated rings. The molecule has 1 aliphatic heterocycles. The number of benzene rings is 1. The Hall–Kier alpha value is -0.860. The van der Waals surface area contributed by atoms with Gasteiger partial charge in [0.05, 0.1) is 5.60 Å². The fourth-order valence-corrected chi connectivity index (χ4v) is 2.65. The van der Waals surface area contributed by atoms with E-state index in [1.165, 1.54) is 11.1 Å². The van der Waals surface area contributed by atoms with Crippen molar-refractivity contribution >= 4 is 0 Å². The zero-order valence-electron chi connectivity index (χ0n) is 12.0. The Kier molecular flexibility index (Phi) is 3.79. The number of hydrogen-bond acceptors (Lipinski definition) is 2. The highest BCUT2D eigenvalue weighted by molar-refractivity contribution is 5.36. The summed E-state index contributed by atoms with van der Waals surface area (Å²) in [6.45, 7) is 11.5. The Labute approximate surface area is 111 Å². The van der Waals surface area contributed by atoms with Gasteiger partial charge < -0.3 is 10.1 Å². The molecule has 1 aromatic carbocycles. The summed E-state index contributed by atoms with van der Waals surface area (Å²) in [4.78, 5) is 0. The lowest BCUT2D eigenvalue weighted by molar-refractivity contribution is -0.0156. The number of aryl methyl sites for hydroxylation is 1. The van der Waals surface area contributed by atoms with E-state index in [-0.39, 0.29) is 11.0 Å². The Morgan fingerprint density at radius 3 is 2.39 bits per heavy atom. The van der Waals surface area contributed by atoms with Gasteiger partial charge in [-0.1, -0.05) is 24.3 Å². The molecule has 0 atom stereocenters. The predicted octanol–water partition coefficient (Wildman–Crippen LogP) is 3.04. The van der Waals surface area contributed by atoms with Gasteiger partial charge in [-0.25, -0.2) is 0 Å². The van der Waals surface area contributed by atoms with Gasteiger partial charge in [0.2, 0.25) is 0 Å². The van der Waals surface area contributed by atoms with Crippen molar-refractivity contribution in [3.63, 3.8) is 0 Å². The van der Waals surface area contributed by atoms with Gasteiger partial charge >= 0.3 is 0 Å². The van der Waals surface area contributed by atoms with E-state index >= 15 is 0 Å². The van der Waals surface area contributed by atoms with Crippen LogP contribution in [0.4, 0.5) is 0 Å². The van der Waals surface area contributed by atoms with Crippen molar-refractivity contribution in [3.05, 3.63) is 35.4 Å². The van der Waals surface area contributed by atoms with Crippen LogP contribution >= 0.6 is 0 Å². The van der Waals surface area contributed by atoms with Crippen LogP contribution < -0.4 is 5.32 Å². The maximum atomic E-state index is 5.89. The summed E-state index contributed by atoms with van der Waals surface area (Å²) in [5.41, 5.74) is 3.14. The number of rotatable bonds is 4. The van der Waals surface area contributed by atoms with Gasteiger partial charge in [-0.2, -0.15) is 0 Å². The molecule has 18 heavy (non-hydrogen) atoms. The molecular weight excluding hydrogens is 222 g/mol. The molecule has 0 aliphatic carbocycles. The molecule has 0 bridgehead atoms. The van der Waals surface area contributed by atoms with Crippen LogP contribution in [-0.2, 0) is 10.2 Å². The van der Waals surface area contributed by atoms with Crippen molar-refractivity contribution in [2.45, 2.75) is 45.1 Å². The molecule has 1 N–H and O–H groups in total. The Balaban J connectivity index is 2.05. The number of nitrogens with one attached hydrogen (secondary N) is 1.